The second-order valence-corrected chi connectivity index (χ2v) is 5.43. The molecular weight excluding hydrogens is 261 g/mol. The number of fused-ring (bicyclic) bond motifs is 1. The van der Waals surface area contributed by atoms with Crippen LogP contribution in [0.25, 0.3) is 10.8 Å². The number of hydrogen-bond donors (Lipinski definition) is 1. The monoisotopic (exact) mass is 279 g/mol. The van der Waals surface area contributed by atoms with Gasteiger partial charge in [0.05, 0.1) is 0 Å². The summed E-state index contributed by atoms with van der Waals surface area (Å²) in [5.41, 5.74) is 8.61. The van der Waals surface area contributed by atoms with Crippen molar-refractivity contribution in [3.8, 4) is 0 Å². The first-order chi connectivity index (χ1) is 10.2. The Morgan fingerprint density at radius 1 is 0.810 bits per heavy atom. The molecule has 2 N–H and O–H groups in total. The molecule has 3 aromatic rings. The topological polar surface area (TPSA) is 26.0 Å². The van der Waals surface area contributed by atoms with Crippen LogP contribution in [0.4, 0.5) is 4.39 Å². The van der Waals surface area contributed by atoms with Crippen LogP contribution in [-0.4, -0.2) is 6.04 Å². The quantitative estimate of drug-likeness (QED) is 0.764. The molecule has 2 heteroatoms. The van der Waals surface area contributed by atoms with Gasteiger partial charge in [0, 0.05) is 6.04 Å². The van der Waals surface area contributed by atoms with E-state index in [0.29, 0.717) is 0 Å². The van der Waals surface area contributed by atoms with Crippen LogP contribution in [-0.2, 0) is 12.8 Å². The van der Waals surface area contributed by atoms with Crippen LogP contribution >= 0.6 is 0 Å². The number of benzene rings is 3. The summed E-state index contributed by atoms with van der Waals surface area (Å²) in [6.07, 6.45) is 1.57. The Hall–Kier alpha value is -2.19. The van der Waals surface area contributed by atoms with Gasteiger partial charge in [0.25, 0.3) is 0 Å². The Kier molecular flexibility index (Phi) is 3.98. The van der Waals surface area contributed by atoms with Gasteiger partial charge in [-0.25, -0.2) is 4.39 Å². The fourth-order valence-electron chi connectivity index (χ4n) is 2.75. The third-order valence-corrected chi connectivity index (χ3v) is 3.77. The van der Waals surface area contributed by atoms with Crippen molar-refractivity contribution in [1.82, 2.24) is 0 Å². The minimum Gasteiger partial charge on any atom is -0.327 e. The Bertz CT molecular complexity index is 729. The third-order valence-electron chi connectivity index (χ3n) is 3.77. The van der Waals surface area contributed by atoms with Crippen LogP contribution in [0.1, 0.15) is 11.1 Å². The molecule has 0 aliphatic carbocycles. The predicted octanol–water partition coefficient (Wildman–Crippen LogP) is 4.09. The molecule has 0 saturated carbocycles. The van der Waals surface area contributed by atoms with Crippen LogP contribution in [0.15, 0.2) is 66.7 Å². The van der Waals surface area contributed by atoms with Crippen molar-refractivity contribution in [2.75, 3.05) is 0 Å². The van der Waals surface area contributed by atoms with Crippen molar-refractivity contribution in [3.05, 3.63) is 83.7 Å². The second-order valence-electron chi connectivity index (χ2n) is 5.43. The predicted molar refractivity (Wildman–Crippen MR) is 85.7 cm³/mol. The minimum absolute atomic E-state index is 0.0290. The number of nitrogens with two attached hydrogens (primary N) is 1. The molecule has 0 bridgehead atoms. The van der Waals surface area contributed by atoms with Gasteiger partial charge in [-0.3, -0.25) is 0 Å². The lowest BCUT2D eigenvalue weighted by atomic mass is 9.96. The summed E-state index contributed by atoms with van der Waals surface area (Å²) >= 11 is 0. The smallest absolute Gasteiger partial charge is 0.123 e. The standard InChI is InChI=1S/C19H18FN/c20-17-10-8-14(9-11-17)12-18(21)13-16-6-3-5-15-4-1-2-7-19(15)16/h1-11,18H,12-13,21H2. The minimum atomic E-state index is -0.207. The highest BCUT2D eigenvalue weighted by atomic mass is 19.1. The molecule has 1 nitrogen and oxygen atoms in total. The van der Waals surface area contributed by atoms with Gasteiger partial charge >= 0.3 is 0 Å². The summed E-state index contributed by atoms with van der Waals surface area (Å²) in [6, 6.07) is 21.3. The first-order valence-electron chi connectivity index (χ1n) is 7.19. The first kappa shape index (κ1) is 13.8. The van der Waals surface area contributed by atoms with E-state index in [1.54, 1.807) is 12.1 Å². The molecule has 0 aliphatic heterocycles. The van der Waals surface area contributed by atoms with Gasteiger partial charge in [-0.15, -0.1) is 0 Å². The molecule has 0 aliphatic rings. The average Bonchev–Trinajstić information content (AvgIpc) is 2.50. The third kappa shape index (κ3) is 3.29. The molecule has 0 spiro atoms. The van der Waals surface area contributed by atoms with Gasteiger partial charge in [0.1, 0.15) is 5.82 Å². The van der Waals surface area contributed by atoms with Gasteiger partial charge in [-0.05, 0) is 46.9 Å². The van der Waals surface area contributed by atoms with Crippen LogP contribution in [0.2, 0.25) is 0 Å². The van der Waals surface area contributed by atoms with E-state index in [-0.39, 0.29) is 11.9 Å². The molecule has 0 saturated heterocycles. The molecule has 0 fully saturated rings. The lowest BCUT2D eigenvalue weighted by Gasteiger charge is -2.13. The molecular formula is C19H18FN. The molecule has 0 amide bonds. The van der Waals surface area contributed by atoms with E-state index in [4.69, 9.17) is 5.73 Å². The summed E-state index contributed by atoms with van der Waals surface area (Å²) in [6.45, 7) is 0. The van der Waals surface area contributed by atoms with E-state index in [1.807, 2.05) is 6.07 Å². The fraction of sp³-hybridized carbons (Fsp3) is 0.158. The molecule has 106 valence electrons. The van der Waals surface area contributed by atoms with Crippen molar-refractivity contribution in [1.29, 1.82) is 0 Å². The largest absolute Gasteiger partial charge is 0.327 e. The van der Waals surface area contributed by atoms with E-state index in [2.05, 4.69) is 36.4 Å². The fourth-order valence-corrected chi connectivity index (χ4v) is 2.75. The first-order valence-corrected chi connectivity index (χ1v) is 7.19. The van der Waals surface area contributed by atoms with Gasteiger partial charge in [0.15, 0.2) is 0 Å². The molecule has 1 atom stereocenters. The highest BCUT2D eigenvalue weighted by molar-refractivity contribution is 5.85. The van der Waals surface area contributed by atoms with Crippen molar-refractivity contribution >= 4 is 10.8 Å². The van der Waals surface area contributed by atoms with Crippen molar-refractivity contribution in [2.45, 2.75) is 18.9 Å². The lowest BCUT2D eigenvalue weighted by molar-refractivity contribution is 0.624. The molecule has 0 radical (unpaired) electrons. The molecule has 1 unspecified atom stereocenters. The van der Waals surface area contributed by atoms with Gasteiger partial charge in [-0.1, -0.05) is 54.6 Å². The summed E-state index contributed by atoms with van der Waals surface area (Å²) in [5, 5.41) is 2.50. The summed E-state index contributed by atoms with van der Waals surface area (Å²) < 4.78 is 12.9. The Balaban J connectivity index is 1.77. The summed E-state index contributed by atoms with van der Waals surface area (Å²) in [5.74, 6) is -0.207. The van der Waals surface area contributed by atoms with Crippen molar-refractivity contribution < 1.29 is 4.39 Å². The second kappa shape index (κ2) is 6.06. The maximum atomic E-state index is 12.9. The zero-order chi connectivity index (χ0) is 14.7. The van der Waals surface area contributed by atoms with Crippen molar-refractivity contribution in [2.24, 2.45) is 5.73 Å². The van der Waals surface area contributed by atoms with Gasteiger partial charge in [0.2, 0.25) is 0 Å². The van der Waals surface area contributed by atoms with E-state index in [1.165, 1.54) is 28.5 Å². The van der Waals surface area contributed by atoms with Crippen LogP contribution in [0, 0.1) is 5.82 Å². The highest BCUT2D eigenvalue weighted by Crippen LogP contribution is 2.20. The van der Waals surface area contributed by atoms with Gasteiger partial charge < -0.3 is 5.73 Å². The van der Waals surface area contributed by atoms with Crippen LogP contribution in [0.3, 0.4) is 0 Å². The molecule has 3 rings (SSSR count). The Labute approximate surface area is 124 Å². The van der Waals surface area contributed by atoms with E-state index >= 15 is 0 Å². The molecule has 21 heavy (non-hydrogen) atoms. The number of rotatable bonds is 4. The molecule has 3 aromatic carbocycles. The average molecular weight is 279 g/mol. The van der Waals surface area contributed by atoms with E-state index < -0.39 is 0 Å². The van der Waals surface area contributed by atoms with E-state index in [9.17, 15) is 4.39 Å². The lowest BCUT2D eigenvalue weighted by Crippen LogP contribution is -2.25. The number of hydrogen-bond acceptors (Lipinski definition) is 1. The Morgan fingerprint density at radius 3 is 2.33 bits per heavy atom. The zero-order valence-electron chi connectivity index (χ0n) is 11.8. The summed E-state index contributed by atoms with van der Waals surface area (Å²) in [7, 11) is 0. The normalized spacial score (nSPS) is 12.5. The number of halogens is 1. The maximum absolute atomic E-state index is 12.9. The SMILES string of the molecule is NC(Cc1ccc(F)cc1)Cc1cccc2ccccc12. The van der Waals surface area contributed by atoms with Crippen LogP contribution in [0.5, 0.6) is 0 Å². The maximum Gasteiger partial charge on any atom is 0.123 e. The van der Waals surface area contributed by atoms with E-state index in [0.717, 1.165) is 18.4 Å². The van der Waals surface area contributed by atoms with Gasteiger partial charge in [-0.2, -0.15) is 0 Å². The molecule has 0 aromatic heterocycles. The summed E-state index contributed by atoms with van der Waals surface area (Å²) in [4.78, 5) is 0. The highest BCUT2D eigenvalue weighted by Gasteiger charge is 2.08. The zero-order valence-corrected chi connectivity index (χ0v) is 11.8. The molecule has 0 heterocycles. The Morgan fingerprint density at radius 2 is 1.52 bits per heavy atom. The van der Waals surface area contributed by atoms with Crippen molar-refractivity contribution in [3.63, 3.8) is 0 Å². The van der Waals surface area contributed by atoms with Crippen LogP contribution < -0.4 is 5.73 Å².